The Labute approximate surface area is 181 Å². The maximum Gasteiger partial charge on any atom is 0.157 e. The molecule has 5 rings (SSSR count). The molecule has 31 heavy (non-hydrogen) atoms. The van der Waals surface area contributed by atoms with E-state index in [-0.39, 0.29) is 5.60 Å². The minimum atomic E-state index is -0.985. The molecule has 2 aromatic rings. The Morgan fingerprint density at radius 1 is 1.13 bits per heavy atom. The van der Waals surface area contributed by atoms with Gasteiger partial charge in [-0.05, 0) is 50.0 Å². The highest BCUT2D eigenvalue weighted by molar-refractivity contribution is 5.86. The molecular formula is C25H27F2N3O. The SMILES string of the molecule is C=C[C@@]1(c2ccc(F)cc2F)c2ccccc2CCN1C1=NO[C@]2(CCCN(C)C2)C1. The predicted molar refractivity (Wildman–Crippen MR) is 117 cm³/mol. The molecule has 1 saturated heterocycles. The largest absolute Gasteiger partial charge is 0.386 e. The lowest BCUT2D eigenvalue weighted by molar-refractivity contribution is -0.0631. The smallest absolute Gasteiger partial charge is 0.157 e. The average Bonchev–Trinajstić information content (AvgIpc) is 3.15. The monoisotopic (exact) mass is 423 g/mol. The molecule has 6 heteroatoms. The fourth-order valence-electron chi connectivity index (χ4n) is 5.60. The van der Waals surface area contributed by atoms with Crippen molar-refractivity contribution in [1.29, 1.82) is 0 Å². The van der Waals surface area contributed by atoms with Gasteiger partial charge in [-0.1, -0.05) is 41.6 Å². The highest BCUT2D eigenvalue weighted by Gasteiger charge is 2.50. The quantitative estimate of drug-likeness (QED) is 0.668. The lowest BCUT2D eigenvalue weighted by Crippen LogP contribution is -2.54. The van der Waals surface area contributed by atoms with Crippen LogP contribution in [0.5, 0.6) is 0 Å². The van der Waals surface area contributed by atoms with Gasteiger partial charge in [0.15, 0.2) is 5.60 Å². The molecule has 0 saturated carbocycles. The molecule has 162 valence electrons. The number of fused-ring (bicyclic) bond motifs is 1. The van der Waals surface area contributed by atoms with Gasteiger partial charge < -0.3 is 14.6 Å². The molecule has 2 aromatic carbocycles. The summed E-state index contributed by atoms with van der Waals surface area (Å²) < 4.78 is 29.0. The topological polar surface area (TPSA) is 28.1 Å². The van der Waals surface area contributed by atoms with E-state index in [2.05, 4.69) is 34.6 Å². The lowest BCUT2D eigenvalue weighted by atomic mass is 9.74. The molecule has 0 unspecified atom stereocenters. The van der Waals surface area contributed by atoms with Crippen molar-refractivity contribution in [3.63, 3.8) is 0 Å². The van der Waals surface area contributed by atoms with Crippen LogP contribution < -0.4 is 0 Å². The summed E-state index contributed by atoms with van der Waals surface area (Å²) in [4.78, 5) is 10.4. The van der Waals surface area contributed by atoms with Crippen LogP contribution in [0.15, 0.2) is 60.3 Å². The van der Waals surface area contributed by atoms with Crippen molar-refractivity contribution in [3.8, 4) is 0 Å². The van der Waals surface area contributed by atoms with Crippen LogP contribution in [-0.4, -0.2) is 47.9 Å². The first-order valence-electron chi connectivity index (χ1n) is 10.9. The molecule has 3 aliphatic rings. The van der Waals surface area contributed by atoms with Gasteiger partial charge in [0.05, 0.1) is 6.42 Å². The van der Waals surface area contributed by atoms with Crippen molar-refractivity contribution in [1.82, 2.24) is 9.80 Å². The van der Waals surface area contributed by atoms with E-state index >= 15 is 4.39 Å². The first-order valence-corrected chi connectivity index (χ1v) is 10.9. The van der Waals surface area contributed by atoms with E-state index in [9.17, 15) is 4.39 Å². The van der Waals surface area contributed by atoms with Gasteiger partial charge in [0.2, 0.25) is 0 Å². The highest BCUT2D eigenvalue weighted by atomic mass is 19.1. The molecule has 1 spiro atoms. The molecular weight excluding hydrogens is 396 g/mol. The van der Waals surface area contributed by atoms with E-state index in [1.54, 1.807) is 6.08 Å². The van der Waals surface area contributed by atoms with Gasteiger partial charge >= 0.3 is 0 Å². The Morgan fingerprint density at radius 2 is 1.97 bits per heavy atom. The van der Waals surface area contributed by atoms with Crippen LogP contribution in [0.1, 0.15) is 36.0 Å². The zero-order chi connectivity index (χ0) is 21.6. The molecule has 4 nitrogen and oxygen atoms in total. The Bertz CT molecular complexity index is 1050. The Balaban J connectivity index is 1.62. The normalized spacial score (nSPS) is 28.2. The molecule has 2 atom stereocenters. The summed E-state index contributed by atoms with van der Waals surface area (Å²) in [6.45, 7) is 6.64. The van der Waals surface area contributed by atoms with Crippen LogP contribution in [0.4, 0.5) is 8.78 Å². The van der Waals surface area contributed by atoms with E-state index in [4.69, 9.17) is 4.84 Å². The Hall–Kier alpha value is -2.73. The van der Waals surface area contributed by atoms with Crippen molar-refractivity contribution < 1.29 is 13.6 Å². The minimum absolute atomic E-state index is 0.340. The molecule has 0 aliphatic carbocycles. The zero-order valence-electron chi connectivity index (χ0n) is 17.8. The molecule has 0 radical (unpaired) electrons. The van der Waals surface area contributed by atoms with E-state index in [1.165, 1.54) is 12.1 Å². The number of likely N-dealkylation sites (N-methyl/N-ethyl adjacent to an activating group) is 1. The number of nitrogens with zero attached hydrogens (tertiary/aromatic N) is 3. The zero-order valence-corrected chi connectivity index (χ0v) is 17.8. The van der Waals surface area contributed by atoms with Crippen LogP contribution >= 0.6 is 0 Å². The fraction of sp³-hybridized carbons (Fsp3) is 0.400. The third-order valence-corrected chi connectivity index (χ3v) is 6.96. The summed E-state index contributed by atoms with van der Waals surface area (Å²) in [6, 6.07) is 11.8. The van der Waals surface area contributed by atoms with Crippen LogP contribution in [0.2, 0.25) is 0 Å². The first kappa shape index (κ1) is 20.2. The second-order valence-electron chi connectivity index (χ2n) is 8.95. The molecule has 0 N–H and O–H groups in total. The maximum absolute atomic E-state index is 15.2. The summed E-state index contributed by atoms with van der Waals surface area (Å²) in [5, 5.41) is 4.53. The number of piperidine rings is 1. The number of benzene rings is 2. The molecule has 0 amide bonds. The van der Waals surface area contributed by atoms with Crippen LogP contribution in [-0.2, 0) is 16.8 Å². The highest BCUT2D eigenvalue weighted by Crippen LogP contribution is 2.46. The second kappa shape index (κ2) is 7.45. The summed E-state index contributed by atoms with van der Waals surface area (Å²) in [7, 11) is 2.10. The van der Waals surface area contributed by atoms with Crippen molar-refractivity contribution in [3.05, 3.63) is 83.4 Å². The summed E-state index contributed by atoms with van der Waals surface area (Å²) in [5.41, 5.74) is 1.13. The minimum Gasteiger partial charge on any atom is -0.386 e. The van der Waals surface area contributed by atoms with Gasteiger partial charge in [-0.2, -0.15) is 0 Å². The second-order valence-corrected chi connectivity index (χ2v) is 8.95. The van der Waals surface area contributed by atoms with Crippen molar-refractivity contribution >= 4 is 5.84 Å². The van der Waals surface area contributed by atoms with Crippen molar-refractivity contribution in [2.75, 3.05) is 26.7 Å². The summed E-state index contributed by atoms with van der Waals surface area (Å²) >= 11 is 0. The average molecular weight is 424 g/mol. The number of hydrogen-bond acceptors (Lipinski definition) is 4. The van der Waals surface area contributed by atoms with Crippen LogP contribution in [0.25, 0.3) is 0 Å². The van der Waals surface area contributed by atoms with Crippen LogP contribution in [0, 0.1) is 11.6 Å². The van der Waals surface area contributed by atoms with Gasteiger partial charge in [0.25, 0.3) is 0 Å². The number of halogens is 2. The molecule has 3 aliphatic heterocycles. The van der Waals surface area contributed by atoms with Crippen molar-refractivity contribution in [2.24, 2.45) is 5.16 Å². The molecule has 3 heterocycles. The van der Waals surface area contributed by atoms with E-state index in [0.717, 1.165) is 55.4 Å². The standard InChI is InChI=1S/C25H27F2N3O/c1-3-25(21-10-9-19(26)15-22(21)27)20-8-5-4-7-18(20)11-14-30(25)23-16-24(31-28-23)12-6-13-29(2)17-24/h3-5,7-10,15H,1,6,11-14,16-17H2,2H3/t24-,25+/m1/s1. The Morgan fingerprint density at radius 3 is 2.74 bits per heavy atom. The van der Waals surface area contributed by atoms with Gasteiger partial charge in [-0.25, -0.2) is 8.78 Å². The van der Waals surface area contributed by atoms with Crippen molar-refractivity contribution in [2.45, 2.75) is 36.8 Å². The van der Waals surface area contributed by atoms with Crippen LogP contribution in [0.3, 0.4) is 0 Å². The number of amidine groups is 1. The van der Waals surface area contributed by atoms with Gasteiger partial charge in [-0.15, -0.1) is 6.58 Å². The number of rotatable bonds is 2. The maximum atomic E-state index is 15.2. The lowest BCUT2D eigenvalue weighted by Gasteiger charge is -2.48. The van der Waals surface area contributed by atoms with E-state index in [1.807, 2.05) is 18.2 Å². The summed E-state index contributed by atoms with van der Waals surface area (Å²) in [6.07, 6.45) is 5.24. The third-order valence-electron chi connectivity index (χ3n) is 6.96. The first-order chi connectivity index (χ1) is 15.0. The predicted octanol–water partition coefficient (Wildman–Crippen LogP) is 4.45. The van der Waals surface area contributed by atoms with E-state index < -0.39 is 17.2 Å². The van der Waals surface area contributed by atoms with Gasteiger partial charge in [-0.3, -0.25) is 0 Å². The number of oxime groups is 1. The Kier molecular flexibility index (Phi) is 4.85. The fourth-order valence-corrected chi connectivity index (χ4v) is 5.60. The number of likely N-dealkylation sites (tertiary alicyclic amines) is 1. The van der Waals surface area contributed by atoms with Gasteiger partial charge in [0, 0.05) is 24.7 Å². The molecule has 0 bridgehead atoms. The molecule has 0 aromatic heterocycles. The summed E-state index contributed by atoms with van der Waals surface area (Å²) in [5.74, 6) is -0.386. The van der Waals surface area contributed by atoms with E-state index in [0.29, 0.717) is 18.5 Å². The number of hydrogen-bond donors (Lipinski definition) is 0. The van der Waals surface area contributed by atoms with Gasteiger partial charge in [0.1, 0.15) is 23.0 Å². The third kappa shape index (κ3) is 3.16. The molecule has 1 fully saturated rings.